The second kappa shape index (κ2) is 4.31. The molecule has 0 aliphatic heterocycles. The molecule has 96 valence electrons. The van der Waals surface area contributed by atoms with E-state index in [1.807, 2.05) is 12.1 Å². The van der Waals surface area contributed by atoms with Crippen LogP contribution in [0.3, 0.4) is 0 Å². The largest absolute Gasteiger partial charge is 0.472 e. The molecule has 0 unspecified atom stereocenters. The van der Waals surface area contributed by atoms with Crippen LogP contribution in [0.1, 0.15) is 11.1 Å². The van der Waals surface area contributed by atoms with Crippen molar-refractivity contribution >= 4 is 5.82 Å². The van der Waals surface area contributed by atoms with Crippen molar-refractivity contribution in [1.29, 1.82) is 0 Å². The zero-order valence-electron chi connectivity index (χ0n) is 10.8. The second-order valence-electron chi connectivity index (χ2n) is 4.58. The number of aromatic nitrogens is 1. The first kappa shape index (κ1) is 11.6. The van der Waals surface area contributed by atoms with Crippen LogP contribution >= 0.6 is 0 Å². The minimum atomic E-state index is 0.388. The fraction of sp³-hybridized carbons (Fsp3) is 0.133. The molecule has 0 amide bonds. The average molecular weight is 254 g/mol. The van der Waals surface area contributed by atoms with Gasteiger partial charge in [0.15, 0.2) is 11.6 Å². The molecule has 4 heteroatoms. The molecule has 0 saturated heterocycles. The van der Waals surface area contributed by atoms with Gasteiger partial charge in [0.05, 0.1) is 17.4 Å². The Hall–Kier alpha value is -2.49. The molecule has 0 spiro atoms. The van der Waals surface area contributed by atoms with Crippen molar-refractivity contribution in [2.24, 2.45) is 0 Å². The summed E-state index contributed by atoms with van der Waals surface area (Å²) in [5.41, 5.74) is 11.0. The summed E-state index contributed by atoms with van der Waals surface area (Å²) in [6, 6.07) is 8.00. The Balaban J connectivity index is 2.19. The van der Waals surface area contributed by atoms with Gasteiger partial charge in [-0.2, -0.15) is 0 Å². The molecular weight excluding hydrogens is 240 g/mol. The molecule has 0 fully saturated rings. The summed E-state index contributed by atoms with van der Waals surface area (Å²) in [5, 5.41) is 3.86. The molecule has 2 aromatic heterocycles. The predicted octanol–water partition coefficient (Wildman–Crippen LogP) is 3.80. The number of benzene rings is 1. The maximum absolute atomic E-state index is 5.93. The second-order valence-corrected chi connectivity index (χ2v) is 4.58. The number of rotatable bonds is 2. The molecule has 2 N–H and O–H groups in total. The van der Waals surface area contributed by atoms with Crippen molar-refractivity contribution in [1.82, 2.24) is 5.16 Å². The van der Waals surface area contributed by atoms with Crippen molar-refractivity contribution in [3.05, 3.63) is 47.9 Å². The summed E-state index contributed by atoms with van der Waals surface area (Å²) < 4.78 is 10.4. The first-order valence-corrected chi connectivity index (χ1v) is 6.02. The van der Waals surface area contributed by atoms with Crippen LogP contribution in [0.2, 0.25) is 0 Å². The Morgan fingerprint density at radius 3 is 2.58 bits per heavy atom. The third-order valence-electron chi connectivity index (χ3n) is 3.30. The van der Waals surface area contributed by atoms with E-state index in [9.17, 15) is 0 Å². The normalized spacial score (nSPS) is 10.8. The molecule has 0 radical (unpaired) electrons. The number of nitrogens with zero attached hydrogens (tertiary/aromatic N) is 1. The van der Waals surface area contributed by atoms with E-state index in [2.05, 4.69) is 31.1 Å². The number of hydrogen-bond donors (Lipinski definition) is 1. The Morgan fingerprint density at radius 1 is 1.05 bits per heavy atom. The van der Waals surface area contributed by atoms with Crippen LogP contribution in [0.25, 0.3) is 22.5 Å². The molecule has 0 aliphatic carbocycles. The molecule has 0 saturated carbocycles. The zero-order chi connectivity index (χ0) is 13.4. The molecule has 4 nitrogen and oxygen atoms in total. The minimum Gasteiger partial charge on any atom is -0.472 e. The lowest BCUT2D eigenvalue weighted by molar-refractivity contribution is 0.435. The van der Waals surface area contributed by atoms with E-state index in [0.717, 1.165) is 16.7 Å². The van der Waals surface area contributed by atoms with Crippen molar-refractivity contribution in [2.75, 3.05) is 5.73 Å². The van der Waals surface area contributed by atoms with Gasteiger partial charge in [0.25, 0.3) is 0 Å². The smallest absolute Gasteiger partial charge is 0.180 e. The number of aryl methyl sites for hydroxylation is 2. The van der Waals surface area contributed by atoms with Crippen LogP contribution in [-0.2, 0) is 0 Å². The van der Waals surface area contributed by atoms with Gasteiger partial charge in [-0.25, -0.2) is 0 Å². The first-order valence-electron chi connectivity index (χ1n) is 6.02. The van der Waals surface area contributed by atoms with Gasteiger partial charge in [-0.1, -0.05) is 23.4 Å². The van der Waals surface area contributed by atoms with Gasteiger partial charge in [0.2, 0.25) is 0 Å². The lowest BCUT2D eigenvalue weighted by atomic mass is 9.99. The summed E-state index contributed by atoms with van der Waals surface area (Å²) in [6.07, 6.45) is 3.21. The van der Waals surface area contributed by atoms with Crippen LogP contribution in [0.4, 0.5) is 5.82 Å². The highest BCUT2D eigenvalue weighted by Crippen LogP contribution is 2.37. The summed E-state index contributed by atoms with van der Waals surface area (Å²) in [7, 11) is 0. The van der Waals surface area contributed by atoms with Crippen molar-refractivity contribution in [3.8, 4) is 22.5 Å². The topological polar surface area (TPSA) is 65.2 Å². The van der Waals surface area contributed by atoms with Gasteiger partial charge in [0, 0.05) is 0 Å². The van der Waals surface area contributed by atoms with Gasteiger partial charge >= 0.3 is 0 Å². The number of hydrogen-bond acceptors (Lipinski definition) is 4. The number of nitrogens with two attached hydrogens (primary N) is 1. The first-order chi connectivity index (χ1) is 9.16. The van der Waals surface area contributed by atoms with Gasteiger partial charge in [-0.05, 0) is 36.6 Å². The number of anilines is 1. The molecule has 0 atom stereocenters. The highest BCUT2D eigenvalue weighted by Gasteiger charge is 2.18. The highest BCUT2D eigenvalue weighted by molar-refractivity contribution is 5.86. The lowest BCUT2D eigenvalue weighted by Crippen LogP contribution is -1.90. The molecule has 19 heavy (non-hydrogen) atoms. The third-order valence-corrected chi connectivity index (χ3v) is 3.30. The third kappa shape index (κ3) is 1.91. The summed E-state index contributed by atoms with van der Waals surface area (Å²) >= 11 is 0. The predicted molar refractivity (Wildman–Crippen MR) is 73.5 cm³/mol. The lowest BCUT2D eigenvalue weighted by Gasteiger charge is -2.05. The summed E-state index contributed by atoms with van der Waals surface area (Å²) in [6.45, 7) is 4.15. The van der Waals surface area contributed by atoms with Crippen molar-refractivity contribution in [3.63, 3.8) is 0 Å². The molecule has 0 aliphatic rings. The quantitative estimate of drug-likeness (QED) is 0.755. The fourth-order valence-corrected chi connectivity index (χ4v) is 2.07. The van der Waals surface area contributed by atoms with Crippen molar-refractivity contribution in [2.45, 2.75) is 13.8 Å². The Labute approximate surface area is 110 Å². The standard InChI is InChI=1S/C15H14N2O2/c1-9-3-4-11(7-10(9)2)13-14(19-17-15(13)16)12-5-6-18-8-12/h3-8H,1-2H3,(H2,16,17). The Morgan fingerprint density at radius 2 is 1.89 bits per heavy atom. The number of nitrogen functional groups attached to an aromatic ring is 1. The van der Waals surface area contributed by atoms with E-state index >= 15 is 0 Å². The van der Waals surface area contributed by atoms with Crippen LogP contribution in [0.5, 0.6) is 0 Å². The van der Waals surface area contributed by atoms with Gasteiger partial charge in [0.1, 0.15) is 6.26 Å². The van der Waals surface area contributed by atoms with E-state index < -0.39 is 0 Å². The van der Waals surface area contributed by atoms with Crippen LogP contribution in [-0.4, -0.2) is 5.16 Å². The Kier molecular flexibility index (Phi) is 2.63. The van der Waals surface area contributed by atoms with E-state index in [1.54, 1.807) is 12.5 Å². The SMILES string of the molecule is Cc1ccc(-c2c(N)noc2-c2ccoc2)cc1C. The molecule has 3 rings (SSSR count). The zero-order valence-corrected chi connectivity index (χ0v) is 10.8. The monoisotopic (exact) mass is 254 g/mol. The maximum atomic E-state index is 5.93. The minimum absolute atomic E-state index is 0.388. The van der Waals surface area contributed by atoms with Gasteiger partial charge in [-0.15, -0.1) is 0 Å². The average Bonchev–Trinajstić information content (AvgIpc) is 3.01. The molecule has 0 bridgehead atoms. The highest BCUT2D eigenvalue weighted by atomic mass is 16.5. The number of furan rings is 1. The van der Waals surface area contributed by atoms with Gasteiger partial charge < -0.3 is 14.7 Å². The fourth-order valence-electron chi connectivity index (χ4n) is 2.07. The van der Waals surface area contributed by atoms with E-state index in [1.165, 1.54) is 11.1 Å². The van der Waals surface area contributed by atoms with Crippen molar-refractivity contribution < 1.29 is 8.94 Å². The van der Waals surface area contributed by atoms with Crippen LogP contribution < -0.4 is 5.73 Å². The van der Waals surface area contributed by atoms with E-state index in [0.29, 0.717) is 11.6 Å². The summed E-state index contributed by atoms with van der Waals surface area (Å²) in [4.78, 5) is 0. The molecule has 3 aromatic rings. The van der Waals surface area contributed by atoms with Crippen LogP contribution in [0.15, 0.2) is 45.7 Å². The van der Waals surface area contributed by atoms with E-state index in [-0.39, 0.29) is 0 Å². The summed E-state index contributed by atoms with van der Waals surface area (Å²) in [5.74, 6) is 1.02. The Bertz CT molecular complexity index is 712. The molecule has 2 heterocycles. The van der Waals surface area contributed by atoms with Crippen LogP contribution in [0, 0.1) is 13.8 Å². The molecule has 1 aromatic carbocycles. The van der Waals surface area contributed by atoms with Gasteiger partial charge in [-0.3, -0.25) is 0 Å². The maximum Gasteiger partial charge on any atom is 0.180 e. The van der Waals surface area contributed by atoms with E-state index in [4.69, 9.17) is 14.7 Å². The molecular formula is C15H14N2O2.